The van der Waals surface area contributed by atoms with Crippen LogP contribution in [0.4, 0.5) is 39.4 Å². The number of nitro groups is 1. The number of hydrogen-bond donors (Lipinski definition) is 3. The van der Waals surface area contributed by atoms with Crippen LogP contribution in [-0.4, -0.2) is 17.1 Å². The van der Waals surface area contributed by atoms with E-state index >= 15 is 0 Å². The van der Waals surface area contributed by atoms with Gasteiger partial charge in [0, 0.05) is 23.0 Å². The Hall–Kier alpha value is -2.92. The lowest BCUT2D eigenvalue weighted by Crippen LogP contribution is -2.30. The Bertz CT molecular complexity index is 892. The van der Waals surface area contributed by atoms with Gasteiger partial charge >= 0.3 is 12.2 Å². The summed E-state index contributed by atoms with van der Waals surface area (Å²) in [6, 6.07) is 2.15. The van der Waals surface area contributed by atoms with Crippen LogP contribution < -0.4 is 16.4 Å². The minimum Gasteiger partial charge on any atom is -0.316 e. The minimum absolute atomic E-state index is 0.0348. The largest absolute Gasteiger partial charge is 0.407 e. The maximum Gasteiger partial charge on any atom is 0.407 e. The number of amides is 2. The number of alkyl halides is 3. The van der Waals surface area contributed by atoms with E-state index in [0.717, 1.165) is 24.3 Å². The van der Waals surface area contributed by atoms with Crippen LogP contribution in [0.2, 0.25) is 5.02 Å². The van der Waals surface area contributed by atoms with E-state index < -0.39 is 40.2 Å². The van der Waals surface area contributed by atoms with Gasteiger partial charge in [-0.25, -0.2) is 9.18 Å². The smallest absolute Gasteiger partial charge is 0.316 e. The van der Waals surface area contributed by atoms with Crippen LogP contribution in [-0.2, 0) is 0 Å². The standard InChI is InChI=1S/C15H11ClF4N4O3/c16-10-3-2-8(6-12(10)24(26)27)22-14(25)23-11-4-1-7(17)5-9(11)13(21)15(18,19)20/h1-6,13H,21H2,(H2,22,23,25). The van der Waals surface area contributed by atoms with Crippen molar-refractivity contribution in [3.05, 3.63) is 62.9 Å². The lowest BCUT2D eigenvalue weighted by atomic mass is 10.0. The number of nitrogens with two attached hydrogens (primary N) is 1. The van der Waals surface area contributed by atoms with Crippen molar-refractivity contribution in [2.45, 2.75) is 12.2 Å². The number of hydrogen-bond acceptors (Lipinski definition) is 4. The highest BCUT2D eigenvalue weighted by atomic mass is 35.5. The van der Waals surface area contributed by atoms with E-state index in [4.69, 9.17) is 17.3 Å². The van der Waals surface area contributed by atoms with Gasteiger partial charge in [0.25, 0.3) is 5.69 Å². The molecule has 0 saturated heterocycles. The zero-order valence-corrected chi connectivity index (χ0v) is 13.9. The van der Waals surface area contributed by atoms with Gasteiger partial charge in [0.15, 0.2) is 0 Å². The van der Waals surface area contributed by atoms with E-state index in [1.807, 2.05) is 0 Å². The van der Waals surface area contributed by atoms with Crippen LogP contribution in [0.1, 0.15) is 11.6 Å². The molecule has 0 aliphatic carbocycles. The Morgan fingerprint density at radius 1 is 1.19 bits per heavy atom. The summed E-state index contributed by atoms with van der Waals surface area (Å²) in [5.74, 6) is -0.969. The van der Waals surface area contributed by atoms with Crippen molar-refractivity contribution in [1.29, 1.82) is 0 Å². The SMILES string of the molecule is NC(c1cc(F)ccc1NC(=O)Nc1ccc(Cl)c([N+](=O)[O-])c1)C(F)(F)F. The Morgan fingerprint density at radius 2 is 1.85 bits per heavy atom. The van der Waals surface area contributed by atoms with E-state index in [2.05, 4.69) is 10.6 Å². The second kappa shape index (κ2) is 7.76. The first-order chi connectivity index (χ1) is 12.5. The molecule has 0 radical (unpaired) electrons. The van der Waals surface area contributed by atoms with Crippen molar-refractivity contribution in [3.8, 4) is 0 Å². The van der Waals surface area contributed by atoms with Gasteiger partial charge in [0.1, 0.15) is 16.9 Å². The number of carbonyl (C=O) groups is 1. The molecular weight excluding hydrogens is 396 g/mol. The fourth-order valence-corrected chi connectivity index (χ4v) is 2.28. The number of nitrogens with one attached hydrogen (secondary N) is 2. The molecule has 2 aromatic rings. The fraction of sp³-hybridized carbons (Fsp3) is 0.133. The molecule has 0 fully saturated rings. The molecule has 144 valence electrons. The monoisotopic (exact) mass is 406 g/mol. The number of anilines is 2. The van der Waals surface area contributed by atoms with Gasteiger partial charge < -0.3 is 16.4 Å². The third-order valence-corrected chi connectivity index (χ3v) is 3.67. The predicted octanol–water partition coefficient (Wildman–Crippen LogP) is 4.59. The Balaban J connectivity index is 2.24. The van der Waals surface area contributed by atoms with E-state index in [1.54, 1.807) is 0 Å². The maximum absolute atomic E-state index is 13.3. The van der Waals surface area contributed by atoms with Crippen LogP contribution in [0.5, 0.6) is 0 Å². The first kappa shape index (κ1) is 20.4. The number of nitro benzene ring substituents is 1. The minimum atomic E-state index is -4.86. The van der Waals surface area contributed by atoms with E-state index in [1.165, 1.54) is 6.07 Å². The van der Waals surface area contributed by atoms with Crippen molar-refractivity contribution >= 4 is 34.7 Å². The van der Waals surface area contributed by atoms with Crippen molar-refractivity contribution in [2.75, 3.05) is 10.6 Å². The molecule has 2 amide bonds. The Kier molecular flexibility index (Phi) is 5.86. The molecule has 0 saturated carbocycles. The molecule has 0 bridgehead atoms. The highest BCUT2D eigenvalue weighted by molar-refractivity contribution is 6.32. The van der Waals surface area contributed by atoms with Crippen LogP contribution in [0, 0.1) is 15.9 Å². The number of urea groups is 1. The first-order valence-corrected chi connectivity index (χ1v) is 7.50. The van der Waals surface area contributed by atoms with Gasteiger partial charge in [-0.05, 0) is 30.3 Å². The van der Waals surface area contributed by atoms with Crippen molar-refractivity contribution in [1.82, 2.24) is 0 Å². The number of carbonyl (C=O) groups excluding carboxylic acids is 1. The molecule has 1 unspecified atom stereocenters. The highest BCUT2D eigenvalue weighted by Gasteiger charge is 2.39. The zero-order valence-electron chi connectivity index (χ0n) is 13.2. The molecule has 1 atom stereocenters. The molecule has 0 spiro atoms. The number of nitrogens with zero attached hydrogens (tertiary/aromatic N) is 1. The molecule has 2 rings (SSSR count). The van der Waals surface area contributed by atoms with Crippen LogP contribution in [0.15, 0.2) is 36.4 Å². The Labute approximate surface area is 154 Å². The average molecular weight is 407 g/mol. The Morgan fingerprint density at radius 3 is 2.44 bits per heavy atom. The molecule has 0 heterocycles. The summed E-state index contributed by atoms with van der Waals surface area (Å²) in [5, 5.41) is 15.0. The third kappa shape index (κ3) is 5.05. The highest BCUT2D eigenvalue weighted by Crippen LogP contribution is 2.35. The third-order valence-electron chi connectivity index (χ3n) is 3.35. The van der Waals surface area contributed by atoms with E-state index in [9.17, 15) is 32.5 Å². The summed E-state index contributed by atoms with van der Waals surface area (Å²) in [4.78, 5) is 22.1. The van der Waals surface area contributed by atoms with Gasteiger partial charge in [-0.3, -0.25) is 10.1 Å². The lowest BCUT2D eigenvalue weighted by molar-refractivity contribution is -0.384. The summed E-state index contributed by atoms with van der Waals surface area (Å²) >= 11 is 5.64. The molecule has 0 aromatic heterocycles. The fourth-order valence-electron chi connectivity index (χ4n) is 2.10. The molecule has 0 aliphatic heterocycles. The molecule has 4 N–H and O–H groups in total. The van der Waals surface area contributed by atoms with E-state index in [0.29, 0.717) is 6.07 Å². The lowest BCUT2D eigenvalue weighted by Gasteiger charge is -2.20. The summed E-state index contributed by atoms with van der Waals surface area (Å²) < 4.78 is 51.8. The van der Waals surface area contributed by atoms with Gasteiger partial charge in [-0.2, -0.15) is 13.2 Å². The van der Waals surface area contributed by atoms with Gasteiger partial charge in [0.2, 0.25) is 0 Å². The van der Waals surface area contributed by atoms with Crippen molar-refractivity contribution in [3.63, 3.8) is 0 Å². The summed E-state index contributed by atoms with van der Waals surface area (Å²) in [5.41, 5.74) is 3.52. The molecule has 7 nitrogen and oxygen atoms in total. The van der Waals surface area contributed by atoms with Crippen LogP contribution in [0.25, 0.3) is 0 Å². The van der Waals surface area contributed by atoms with Crippen LogP contribution >= 0.6 is 11.6 Å². The summed E-state index contributed by atoms with van der Waals surface area (Å²) in [7, 11) is 0. The van der Waals surface area contributed by atoms with Gasteiger partial charge in [-0.1, -0.05) is 11.6 Å². The quantitative estimate of drug-likeness (QED) is 0.391. The molecular formula is C15H11ClF4N4O3. The number of rotatable bonds is 4. The number of benzene rings is 2. The predicted molar refractivity (Wildman–Crippen MR) is 90.1 cm³/mol. The molecule has 12 heteroatoms. The zero-order chi connectivity index (χ0) is 20.4. The second-order valence-electron chi connectivity index (χ2n) is 5.25. The van der Waals surface area contributed by atoms with Gasteiger partial charge in [0.05, 0.1) is 4.92 Å². The average Bonchev–Trinajstić information content (AvgIpc) is 2.56. The summed E-state index contributed by atoms with van der Waals surface area (Å²) in [6.07, 6.45) is -4.86. The van der Waals surface area contributed by atoms with Crippen molar-refractivity contribution < 1.29 is 27.3 Å². The molecule has 0 aliphatic rings. The van der Waals surface area contributed by atoms with E-state index in [-0.39, 0.29) is 16.4 Å². The molecule has 2 aromatic carbocycles. The normalized spacial score (nSPS) is 12.4. The topological polar surface area (TPSA) is 110 Å². The van der Waals surface area contributed by atoms with Gasteiger partial charge in [-0.15, -0.1) is 0 Å². The first-order valence-electron chi connectivity index (χ1n) is 7.12. The second-order valence-corrected chi connectivity index (χ2v) is 5.66. The number of halogens is 5. The molecule has 27 heavy (non-hydrogen) atoms. The summed E-state index contributed by atoms with van der Waals surface area (Å²) in [6.45, 7) is 0. The van der Waals surface area contributed by atoms with Crippen molar-refractivity contribution in [2.24, 2.45) is 5.73 Å². The maximum atomic E-state index is 13.3. The van der Waals surface area contributed by atoms with Crippen LogP contribution in [0.3, 0.4) is 0 Å².